The highest BCUT2D eigenvalue weighted by molar-refractivity contribution is 5.14. The molecule has 0 radical (unpaired) electrons. The van der Waals surface area contributed by atoms with E-state index in [9.17, 15) is 15.3 Å². The smallest absolute Gasteiger partial charge is 0.145 e. The van der Waals surface area contributed by atoms with Crippen molar-refractivity contribution < 1.29 is 20.1 Å². The lowest BCUT2D eigenvalue weighted by atomic mass is 9.93. The molecule has 2 fully saturated rings. The molecule has 0 aliphatic carbocycles. The summed E-state index contributed by atoms with van der Waals surface area (Å²) in [7, 11) is 0. The lowest BCUT2D eigenvalue weighted by Gasteiger charge is -2.42. The molecule has 3 rings (SSSR count). The van der Waals surface area contributed by atoms with Crippen LogP contribution in [0.5, 0.6) is 0 Å². The van der Waals surface area contributed by atoms with Gasteiger partial charge in [0.2, 0.25) is 0 Å². The van der Waals surface area contributed by atoms with Gasteiger partial charge >= 0.3 is 0 Å². The Morgan fingerprint density at radius 3 is 2.74 bits per heavy atom. The van der Waals surface area contributed by atoms with Gasteiger partial charge in [-0.25, -0.2) is 0 Å². The van der Waals surface area contributed by atoms with Gasteiger partial charge in [0.1, 0.15) is 17.9 Å². The van der Waals surface area contributed by atoms with E-state index in [2.05, 4.69) is 5.32 Å². The molecule has 0 spiro atoms. The third-order valence-electron chi connectivity index (χ3n) is 4.11. The molecule has 0 unspecified atom stereocenters. The Kier molecular flexibility index (Phi) is 3.32. The molecule has 2 aliphatic rings. The first-order chi connectivity index (χ1) is 9.10. The zero-order chi connectivity index (χ0) is 13.5. The van der Waals surface area contributed by atoms with Gasteiger partial charge in [0.15, 0.2) is 0 Å². The maximum atomic E-state index is 10.2. The van der Waals surface area contributed by atoms with Gasteiger partial charge in [-0.2, -0.15) is 0 Å². The van der Waals surface area contributed by atoms with Crippen molar-refractivity contribution in [3.05, 3.63) is 35.9 Å². The topological polar surface area (TPSA) is 82.0 Å². The lowest BCUT2D eigenvalue weighted by molar-refractivity contribution is -0.206. The summed E-state index contributed by atoms with van der Waals surface area (Å²) in [6, 6.07) is 9.36. The average molecular weight is 265 g/mol. The highest BCUT2D eigenvalue weighted by atomic mass is 16.5. The minimum atomic E-state index is -1.33. The number of rotatable bonds is 3. The Bertz CT molecular complexity index is 440. The fraction of sp³-hybridized carbons (Fsp3) is 0.571. The molecular formula is C14H19NO4. The predicted octanol–water partition coefficient (Wildman–Crippen LogP) is -0.252. The first-order valence-electron chi connectivity index (χ1n) is 6.62. The highest BCUT2D eigenvalue weighted by Crippen LogP contribution is 2.35. The molecule has 2 bridgehead atoms. The third kappa shape index (κ3) is 2.28. The molecule has 0 aromatic heterocycles. The predicted molar refractivity (Wildman–Crippen MR) is 68.1 cm³/mol. The van der Waals surface area contributed by atoms with Crippen molar-refractivity contribution >= 4 is 0 Å². The van der Waals surface area contributed by atoms with E-state index < -0.39 is 24.0 Å². The van der Waals surface area contributed by atoms with Crippen LogP contribution in [0.15, 0.2) is 30.3 Å². The van der Waals surface area contributed by atoms with E-state index in [1.807, 2.05) is 30.3 Å². The number of hydrogen-bond acceptors (Lipinski definition) is 5. The fourth-order valence-electron chi connectivity index (χ4n) is 2.97. The van der Waals surface area contributed by atoms with Gasteiger partial charge in [-0.15, -0.1) is 0 Å². The molecule has 2 heterocycles. The van der Waals surface area contributed by atoms with E-state index in [-0.39, 0.29) is 6.04 Å². The van der Waals surface area contributed by atoms with E-state index in [0.717, 1.165) is 5.56 Å². The normalized spacial score (nSPS) is 41.4. The number of ether oxygens (including phenoxy) is 1. The van der Waals surface area contributed by atoms with Crippen LogP contribution >= 0.6 is 0 Å². The van der Waals surface area contributed by atoms with Gasteiger partial charge in [0, 0.05) is 6.04 Å². The number of fused-ring (bicyclic) bond motifs is 2. The monoisotopic (exact) mass is 265 g/mol. The lowest BCUT2D eigenvalue weighted by Crippen LogP contribution is -2.67. The minimum Gasteiger partial charge on any atom is -0.389 e. The second-order valence-electron chi connectivity index (χ2n) is 5.41. The van der Waals surface area contributed by atoms with Crippen LogP contribution in [0.2, 0.25) is 0 Å². The summed E-state index contributed by atoms with van der Waals surface area (Å²) >= 11 is 0. The fourth-order valence-corrected chi connectivity index (χ4v) is 2.97. The highest BCUT2D eigenvalue weighted by Gasteiger charge is 2.56. The van der Waals surface area contributed by atoms with Crippen molar-refractivity contribution in [2.75, 3.05) is 0 Å². The van der Waals surface area contributed by atoms with Crippen LogP contribution in [0.3, 0.4) is 0 Å². The van der Waals surface area contributed by atoms with Gasteiger partial charge in [-0.05, 0) is 18.4 Å². The molecule has 19 heavy (non-hydrogen) atoms. The molecule has 2 saturated heterocycles. The second-order valence-corrected chi connectivity index (χ2v) is 5.41. The quantitative estimate of drug-likeness (QED) is 0.606. The Labute approximate surface area is 111 Å². The molecule has 1 aromatic rings. The van der Waals surface area contributed by atoms with Crippen molar-refractivity contribution in [2.45, 2.75) is 49.5 Å². The molecule has 0 amide bonds. The third-order valence-corrected chi connectivity index (χ3v) is 4.11. The van der Waals surface area contributed by atoms with Crippen LogP contribution in [-0.2, 0) is 11.3 Å². The number of benzene rings is 1. The van der Waals surface area contributed by atoms with Crippen LogP contribution in [-0.4, -0.2) is 45.4 Å². The molecule has 2 aliphatic heterocycles. The van der Waals surface area contributed by atoms with Gasteiger partial charge in [0.25, 0.3) is 0 Å². The number of aliphatic hydroxyl groups excluding tert-OH is 2. The number of aliphatic hydroxyl groups is 3. The second kappa shape index (κ2) is 4.85. The van der Waals surface area contributed by atoms with Crippen LogP contribution < -0.4 is 5.32 Å². The summed E-state index contributed by atoms with van der Waals surface area (Å²) in [4.78, 5) is 0. The van der Waals surface area contributed by atoms with Crippen LogP contribution in [0, 0.1) is 0 Å². The number of hydrogen-bond donors (Lipinski definition) is 4. The van der Waals surface area contributed by atoms with Crippen molar-refractivity contribution in [2.24, 2.45) is 0 Å². The van der Waals surface area contributed by atoms with Gasteiger partial charge in [-0.3, -0.25) is 5.32 Å². The summed E-state index contributed by atoms with van der Waals surface area (Å²) in [5.74, 6) is 0. The van der Waals surface area contributed by atoms with Crippen molar-refractivity contribution in [1.82, 2.24) is 5.32 Å². The largest absolute Gasteiger partial charge is 0.389 e. The van der Waals surface area contributed by atoms with E-state index in [1.54, 1.807) is 0 Å². The molecule has 5 heteroatoms. The molecule has 104 valence electrons. The Balaban J connectivity index is 1.70. The SMILES string of the molecule is O[C@@H]1[C@H](OCc2ccccc2)[C@H](O)[C@@]2(O)CC[C@@H]1N2. The standard InChI is InChI=1S/C14H19NO4/c16-11-10-6-7-14(18,15-10)13(17)12(11)19-8-9-4-2-1-3-5-9/h1-5,10-13,15-18H,6-8H2/t10-,11-,12-,13-,14-/m0/s1. The molecule has 4 N–H and O–H groups in total. The molecular weight excluding hydrogens is 246 g/mol. The summed E-state index contributed by atoms with van der Waals surface area (Å²) < 4.78 is 5.64. The van der Waals surface area contributed by atoms with Crippen molar-refractivity contribution in [3.8, 4) is 0 Å². The van der Waals surface area contributed by atoms with Gasteiger partial charge < -0.3 is 20.1 Å². The van der Waals surface area contributed by atoms with E-state index in [4.69, 9.17) is 4.74 Å². The average Bonchev–Trinajstić information content (AvgIpc) is 2.80. The van der Waals surface area contributed by atoms with Crippen LogP contribution in [0.1, 0.15) is 18.4 Å². The van der Waals surface area contributed by atoms with Gasteiger partial charge in [-0.1, -0.05) is 30.3 Å². The Morgan fingerprint density at radius 1 is 1.26 bits per heavy atom. The van der Waals surface area contributed by atoms with Crippen LogP contribution in [0.4, 0.5) is 0 Å². The first kappa shape index (κ1) is 13.0. The van der Waals surface area contributed by atoms with E-state index >= 15 is 0 Å². The molecule has 1 aromatic carbocycles. The van der Waals surface area contributed by atoms with Crippen molar-refractivity contribution in [3.63, 3.8) is 0 Å². The minimum absolute atomic E-state index is 0.214. The van der Waals surface area contributed by atoms with Crippen LogP contribution in [0.25, 0.3) is 0 Å². The number of piperidine rings is 1. The Hall–Kier alpha value is -0.980. The summed E-state index contributed by atoms with van der Waals surface area (Å²) in [5.41, 5.74) is -0.356. The van der Waals surface area contributed by atoms with Gasteiger partial charge in [0.05, 0.1) is 12.7 Å². The first-order valence-corrected chi connectivity index (χ1v) is 6.62. The molecule has 5 atom stereocenters. The Morgan fingerprint density at radius 2 is 2.00 bits per heavy atom. The van der Waals surface area contributed by atoms with E-state index in [0.29, 0.717) is 19.4 Å². The summed E-state index contributed by atoms with van der Waals surface area (Å²) in [6.45, 7) is 0.308. The summed E-state index contributed by atoms with van der Waals surface area (Å²) in [5, 5.41) is 33.4. The van der Waals surface area contributed by atoms with E-state index in [1.165, 1.54) is 0 Å². The van der Waals surface area contributed by atoms with Crippen molar-refractivity contribution in [1.29, 1.82) is 0 Å². The maximum Gasteiger partial charge on any atom is 0.145 e. The molecule has 5 nitrogen and oxygen atoms in total. The molecule has 0 saturated carbocycles. The zero-order valence-electron chi connectivity index (χ0n) is 10.6. The maximum absolute atomic E-state index is 10.2. The zero-order valence-corrected chi connectivity index (χ0v) is 10.6. The summed E-state index contributed by atoms with van der Waals surface area (Å²) in [6.07, 6.45) is -1.62. The number of nitrogens with one attached hydrogen (secondary N) is 1.